The monoisotopic (exact) mass is 199 g/mol. The molecule has 1 atom stereocenters. The molecule has 0 amide bonds. The molecule has 2 N–H and O–H groups in total. The third-order valence-electron chi connectivity index (χ3n) is 2.48. The predicted molar refractivity (Wildman–Crippen MR) is 55.5 cm³/mol. The third kappa shape index (κ3) is 1.79. The number of ether oxygens (including phenoxy) is 1. The smallest absolute Gasteiger partial charge is 0.119 e. The molecule has 0 aromatic heterocycles. The first-order valence-electron chi connectivity index (χ1n) is 4.23. The lowest BCUT2D eigenvalue weighted by Gasteiger charge is -2.06. The van der Waals surface area contributed by atoms with Gasteiger partial charge in [0.2, 0.25) is 0 Å². The summed E-state index contributed by atoms with van der Waals surface area (Å²) in [6, 6.07) is 6.38. The normalized spacial score (nSPS) is 19.1. The maximum Gasteiger partial charge on any atom is 0.119 e. The molecular weight excluding hydrogens is 186 g/mol. The Balaban J connectivity index is 0.000000845. The van der Waals surface area contributed by atoms with Gasteiger partial charge >= 0.3 is 0 Å². The molecule has 13 heavy (non-hydrogen) atoms. The lowest BCUT2D eigenvalue weighted by molar-refractivity contribution is 0.414. The van der Waals surface area contributed by atoms with Gasteiger partial charge in [-0.05, 0) is 36.1 Å². The molecule has 0 bridgehead atoms. The van der Waals surface area contributed by atoms with Crippen molar-refractivity contribution >= 4 is 12.4 Å². The van der Waals surface area contributed by atoms with Gasteiger partial charge in [0.05, 0.1) is 7.11 Å². The minimum Gasteiger partial charge on any atom is -0.497 e. The van der Waals surface area contributed by atoms with E-state index in [4.69, 9.17) is 10.5 Å². The van der Waals surface area contributed by atoms with Crippen LogP contribution in [0.25, 0.3) is 0 Å². The van der Waals surface area contributed by atoms with Gasteiger partial charge in [0.25, 0.3) is 0 Å². The number of methoxy groups -OCH3 is 1. The van der Waals surface area contributed by atoms with Gasteiger partial charge in [0.15, 0.2) is 0 Å². The average molecular weight is 200 g/mol. The lowest BCUT2D eigenvalue weighted by Crippen LogP contribution is -2.05. The number of fused-ring (bicyclic) bond motifs is 1. The van der Waals surface area contributed by atoms with E-state index in [1.165, 1.54) is 11.1 Å². The molecule has 0 aliphatic heterocycles. The van der Waals surface area contributed by atoms with Crippen molar-refractivity contribution in [1.82, 2.24) is 0 Å². The van der Waals surface area contributed by atoms with Crippen molar-refractivity contribution in [2.75, 3.05) is 7.11 Å². The number of rotatable bonds is 1. The molecule has 0 saturated carbocycles. The van der Waals surface area contributed by atoms with Crippen molar-refractivity contribution in [1.29, 1.82) is 0 Å². The molecule has 0 radical (unpaired) electrons. The SMILES string of the molecule is COc1ccc2c(c1)[C@@H](N)CC2.Cl. The van der Waals surface area contributed by atoms with Crippen LogP contribution in [-0.4, -0.2) is 7.11 Å². The van der Waals surface area contributed by atoms with Gasteiger partial charge in [-0.25, -0.2) is 0 Å². The Morgan fingerprint density at radius 2 is 2.23 bits per heavy atom. The van der Waals surface area contributed by atoms with Crippen molar-refractivity contribution in [3.05, 3.63) is 29.3 Å². The van der Waals surface area contributed by atoms with Crippen LogP contribution in [0, 0.1) is 0 Å². The largest absolute Gasteiger partial charge is 0.497 e. The van der Waals surface area contributed by atoms with E-state index in [1.54, 1.807) is 7.11 Å². The summed E-state index contributed by atoms with van der Waals surface area (Å²) in [5.74, 6) is 0.908. The average Bonchev–Trinajstić information content (AvgIpc) is 2.47. The molecule has 2 rings (SSSR count). The van der Waals surface area contributed by atoms with E-state index in [2.05, 4.69) is 6.07 Å². The van der Waals surface area contributed by atoms with Crippen molar-refractivity contribution in [3.63, 3.8) is 0 Å². The molecule has 72 valence electrons. The van der Waals surface area contributed by atoms with Crippen LogP contribution in [0.15, 0.2) is 18.2 Å². The Bertz CT molecular complexity index is 301. The molecule has 1 aliphatic carbocycles. The van der Waals surface area contributed by atoms with E-state index in [1.807, 2.05) is 12.1 Å². The van der Waals surface area contributed by atoms with Crippen molar-refractivity contribution in [2.45, 2.75) is 18.9 Å². The standard InChI is InChI=1S/C10H13NO.ClH/c1-12-8-4-2-7-3-5-10(11)9(7)6-8;/h2,4,6,10H,3,5,11H2,1H3;1H/t10-;/m0./s1. The second kappa shape index (κ2) is 3.99. The van der Waals surface area contributed by atoms with Crippen molar-refractivity contribution in [2.24, 2.45) is 5.73 Å². The zero-order valence-electron chi connectivity index (χ0n) is 7.62. The quantitative estimate of drug-likeness (QED) is 0.752. The zero-order valence-corrected chi connectivity index (χ0v) is 8.43. The number of benzene rings is 1. The molecule has 0 fully saturated rings. The van der Waals surface area contributed by atoms with Crippen LogP contribution in [0.3, 0.4) is 0 Å². The molecule has 2 nitrogen and oxygen atoms in total. The Hall–Kier alpha value is -0.730. The van der Waals surface area contributed by atoms with Crippen LogP contribution >= 0.6 is 12.4 Å². The Kier molecular flexibility index (Phi) is 3.17. The fourth-order valence-corrected chi connectivity index (χ4v) is 1.74. The van der Waals surface area contributed by atoms with Crippen LogP contribution in [-0.2, 0) is 6.42 Å². The second-order valence-corrected chi connectivity index (χ2v) is 3.21. The van der Waals surface area contributed by atoms with E-state index in [0.29, 0.717) is 0 Å². The summed E-state index contributed by atoms with van der Waals surface area (Å²) in [6.45, 7) is 0. The highest BCUT2D eigenvalue weighted by molar-refractivity contribution is 5.85. The number of nitrogens with two attached hydrogens (primary N) is 1. The summed E-state index contributed by atoms with van der Waals surface area (Å²) in [7, 11) is 1.68. The van der Waals surface area contributed by atoms with Crippen LogP contribution in [0.5, 0.6) is 5.75 Å². The fourth-order valence-electron chi connectivity index (χ4n) is 1.74. The first kappa shape index (κ1) is 10.4. The molecule has 3 heteroatoms. The maximum absolute atomic E-state index is 5.91. The van der Waals surface area contributed by atoms with Crippen LogP contribution in [0.1, 0.15) is 23.6 Å². The number of aryl methyl sites for hydroxylation is 1. The fraction of sp³-hybridized carbons (Fsp3) is 0.400. The topological polar surface area (TPSA) is 35.2 Å². The summed E-state index contributed by atoms with van der Waals surface area (Å²) in [5, 5.41) is 0. The van der Waals surface area contributed by atoms with Gasteiger partial charge in [-0.1, -0.05) is 6.07 Å². The number of hydrogen-bond donors (Lipinski definition) is 1. The first-order chi connectivity index (χ1) is 5.81. The van der Waals surface area contributed by atoms with Gasteiger partial charge in [0.1, 0.15) is 5.75 Å². The van der Waals surface area contributed by atoms with Gasteiger partial charge in [-0.15, -0.1) is 12.4 Å². The minimum atomic E-state index is 0. The van der Waals surface area contributed by atoms with Crippen LogP contribution in [0.4, 0.5) is 0 Å². The lowest BCUT2D eigenvalue weighted by atomic mass is 10.1. The van der Waals surface area contributed by atoms with Gasteiger partial charge < -0.3 is 10.5 Å². The summed E-state index contributed by atoms with van der Waals surface area (Å²) in [4.78, 5) is 0. The molecule has 0 saturated heterocycles. The minimum absolute atomic E-state index is 0. The maximum atomic E-state index is 5.91. The molecule has 0 heterocycles. The molecule has 1 aromatic rings. The number of halogens is 1. The Morgan fingerprint density at radius 1 is 1.46 bits per heavy atom. The second-order valence-electron chi connectivity index (χ2n) is 3.21. The van der Waals surface area contributed by atoms with Gasteiger partial charge in [-0.3, -0.25) is 0 Å². The van der Waals surface area contributed by atoms with E-state index in [0.717, 1.165) is 18.6 Å². The predicted octanol–water partition coefficient (Wildman–Crippen LogP) is 2.06. The summed E-state index contributed by atoms with van der Waals surface area (Å²) >= 11 is 0. The summed E-state index contributed by atoms with van der Waals surface area (Å²) in [5.41, 5.74) is 8.55. The van der Waals surface area contributed by atoms with E-state index >= 15 is 0 Å². The van der Waals surface area contributed by atoms with Crippen molar-refractivity contribution in [3.8, 4) is 5.75 Å². The van der Waals surface area contributed by atoms with E-state index in [9.17, 15) is 0 Å². The van der Waals surface area contributed by atoms with Crippen LogP contribution in [0.2, 0.25) is 0 Å². The molecular formula is C10H14ClNO. The Morgan fingerprint density at radius 3 is 2.92 bits per heavy atom. The molecule has 0 unspecified atom stereocenters. The third-order valence-corrected chi connectivity index (χ3v) is 2.48. The van der Waals surface area contributed by atoms with Crippen molar-refractivity contribution < 1.29 is 4.74 Å². The molecule has 0 spiro atoms. The summed E-state index contributed by atoms with van der Waals surface area (Å²) in [6.07, 6.45) is 2.18. The Labute approximate surface area is 84.5 Å². The molecule has 1 aliphatic rings. The van der Waals surface area contributed by atoms with Gasteiger partial charge in [0, 0.05) is 6.04 Å². The summed E-state index contributed by atoms with van der Waals surface area (Å²) < 4.78 is 5.13. The highest BCUT2D eigenvalue weighted by Crippen LogP contribution is 2.31. The highest BCUT2D eigenvalue weighted by Gasteiger charge is 2.18. The van der Waals surface area contributed by atoms with E-state index < -0.39 is 0 Å². The zero-order chi connectivity index (χ0) is 8.55. The van der Waals surface area contributed by atoms with Crippen LogP contribution < -0.4 is 10.5 Å². The first-order valence-corrected chi connectivity index (χ1v) is 4.23. The number of hydrogen-bond acceptors (Lipinski definition) is 2. The van der Waals surface area contributed by atoms with Gasteiger partial charge in [-0.2, -0.15) is 0 Å². The molecule has 1 aromatic carbocycles. The highest BCUT2D eigenvalue weighted by atomic mass is 35.5. The van der Waals surface area contributed by atoms with E-state index in [-0.39, 0.29) is 18.4 Å².